The quantitative estimate of drug-likeness (QED) is 0.0261. The highest BCUT2D eigenvalue weighted by atomic mass is 16.6. The molecule has 1 atom stereocenters. The molecule has 6 heteroatoms. The van der Waals surface area contributed by atoms with Gasteiger partial charge in [0.05, 0.1) is 0 Å². The van der Waals surface area contributed by atoms with E-state index in [2.05, 4.69) is 69.4 Å². The van der Waals surface area contributed by atoms with Crippen molar-refractivity contribution in [3.05, 3.63) is 48.6 Å². The molecule has 0 spiro atoms. The van der Waals surface area contributed by atoms with Crippen LogP contribution in [0.3, 0.4) is 0 Å². The summed E-state index contributed by atoms with van der Waals surface area (Å²) < 4.78 is 17.0. The second-order valence-electron chi connectivity index (χ2n) is 24.5. The third kappa shape index (κ3) is 68.0. The lowest BCUT2D eigenvalue weighted by Gasteiger charge is -2.18. The number of hydrogen-bond acceptors (Lipinski definition) is 6. The van der Waals surface area contributed by atoms with Gasteiger partial charge in [0.25, 0.3) is 0 Å². The molecule has 0 N–H and O–H groups in total. The minimum Gasteiger partial charge on any atom is -0.462 e. The molecule has 0 aromatic heterocycles. The fourth-order valence-corrected chi connectivity index (χ4v) is 11.0. The third-order valence-corrected chi connectivity index (χ3v) is 16.3. The van der Waals surface area contributed by atoms with Crippen LogP contribution < -0.4 is 0 Å². The van der Waals surface area contributed by atoms with Gasteiger partial charge in [-0.3, -0.25) is 14.4 Å². The molecule has 0 saturated carbocycles. The summed E-state index contributed by atoms with van der Waals surface area (Å²) in [5, 5.41) is 0. The number of carbonyl (C=O) groups excluding carboxylic acids is 3. The Hall–Kier alpha value is -2.63. The van der Waals surface area contributed by atoms with E-state index in [9.17, 15) is 14.4 Å². The molecular formula is C75H138O6. The first-order valence-corrected chi connectivity index (χ1v) is 36.1. The molecule has 0 aliphatic heterocycles. The van der Waals surface area contributed by atoms with Gasteiger partial charge in [0.1, 0.15) is 13.2 Å². The number of ether oxygens (including phenoxy) is 3. The van der Waals surface area contributed by atoms with E-state index in [4.69, 9.17) is 14.2 Å². The Morgan fingerprint density at radius 2 is 0.481 bits per heavy atom. The molecule has 6 nitrogen and oxygen atoms in total. The number of esters is 3. The Bertz CT molecular complexity index is 1400. The SMILES string of the molecule is CC/C=C\C/C=C\C/C=C\C/C=C\CCCCCCCCC(=O)OCC(COC(=O)CCCCCCCCCCCCCCCCCCCCCCCC)OC(=O)CCCCCCCCCCCCCCCCCCCCCCCC. The first-order chi connectivity index (χ1) is 40.0. The molecule has 474 valence electrons. The Morgan fingerprint density at radius 3 is 0.753 bits per heavy atom. The highest BCUT2D eigenvalue weighted by Crippen LogP contribution is 2.19. The van der Waals surface area contributed by atoms with Crippen molar-refractivity contribution in [2.45, 2.75) is 399 Å². The van der Waals surface area contributed by atoms with E-state index in [0.29, 0.717) is 19.3 Å². The molecule has 0 aliphatic carbocycles. The zero-order valence-corrected chi connectivity index (χ0v) is 54.6. The van der Waals surface area contributed by atoms with Crippen LogP contribution in [0.5, 0.6) is 0 Å². The number of unbranched alkanes of at least 4 members (excludes halogenated alkanes) is 48. The number of hydrogen-bond donors (Lipinski definition) is 0. The van der Waals surface area contributed by atoms with Gasteiger partial charge in [0.15, 0.2) is 6.10 Å². The molecule has 0 bridgehead atoms. The van der Waals surface area contributed by atoms with Crippen molar-refractivity contribution in [3.63, 3.8) is 0 Å². The summed E-state index contributed by atoms with van der Waals surface area (Å²) in [6.07, 6.45) is 88.5. The maximum Gasteiger partial charge on any atom is 0.306 e. The highest BCUT2D eigenvalue weighted by molar-refractivity contribution is 5.71. The van der Waals surface area contributed by atoms with Gasteiger partial charge < -0.3 is 14.2 Å². The van der Waals surface area contributed by atoms with Gasteiger partial charge in [-0.2, -0.15) is 0 Å². The molecule has 0 fully saturated rings. The predicted molar refractivity (Wildman–Crippen MR) is 353 cm³/mol. The van der Waals surface area contributed by atoms with Gasteiger partial charge in [0, 0.05) is 19.3 Å². The van der Waals surface area contributed by atoms with E-state index in [1.165, 1.54) is 263 Å². The van der Waals surface area contributed by atoms with Crippen LogP contribution in [0.15, 0.2) is 48.6 Å². The number of allylic oxidation sites excluding steroid dienone is 8. The normalized spacial score (nSPS) is 12.3. The predicted octanol–water partition coefficient (Wildman–Crippen LogP) is 24.9. The van der Waals surface area contributed by atoms with E-state index in [1.54, 1.807) is 0 Å². The zero-order valence-electron chi connectivity index (χ0n) is 54.6. The van der Waals surface area contributed by atoms with Crippen LogP contribution in [0.1, 0.15) is 393 Å². The van der Waals surface area contributed by atoms with Gasteiger partial charge >= 0.3 is 17.9 Å². The second kappa shape index (κ2) is 69.9. The van der Waals surface area contributed by atoms with Crippen LogP contribution in [0.4, 0.5) is 0 Å². The van der Waals surface area contributed by atoms with Crippen molar-refractivity contribution in [2.75, 3.05) is 13.2 Å². The molecule has 0 aromatic rings. The lowest BCUT2D eigenvalue weighted by atomic mass is 10.0. The third-order valence-electron chi connectivity index (χ3n) is 16.3. The fraction of sp³-hybridized carbons (Fsp3) is 0.853. The molecule has 81 heavy (non-hydrogen) atoms. The highest BCUT2D eigenvalue weighted by Gasteiger charge is 2.19. The van der Waals surface area contributed by atoms with E-state index in [1.807, 2.05) is 0 Å². The molecular weight excluding hydrogens is 997 g/mol. The summed E-state index contributed by atoms with van der Waals surface area (Å²) in [4.78, 5) is 38.5. The maximum absolute atomic E-state index is 13.0. The molecule has 0 radical (unpaired) electrons. The van der Waals surface area contributed by atoms with Crippen molar-refractivity contribution in [1.82, 2.24) is 0 Å². The van der Waals surface area contributed by atoms with Crippen LogP contribution in [-0.4, -0.2) is 37.2 Å². The average molecular weight is 1140 g/mol. The van der Waals surface area contributed by atoms with Crippen molar-refractivity contribution in [3.8, 4) is 0 Å². The van der Waals surface area contributed by atoms with E-state index < -0.39 is 6.10 Å². The Kier molecular flexibility index (Phi) is 67.6. The summed E-state index contributed by atoms with van der Waals surface area (Å²) in [6.45, 7) is 6.60. The largest absolute Gasteiger partial charge is 0.462 e. The van der Waals surface area contributed by atoms with Crippen LogP contribution in [0.2, 0.25) is 0 Å². The molecule has 0 amide bonds. The lowest BCUT2D eigenvalue weighted by molar-refractivity contribution is -0.167. The van der Waals surface area contributed by atoms with Gasteiger partial charge in [-0.05, 0) is 57.8 Å². The van der Waals surface area contributed by atoms with Crippen LogP contribution in [0.25, 0.3) is 0 Å². The number of carbonyl (C=O) groups is 3. The Morgan fingerprint density at radius 1 is 0.259 bits per heavy atom. The Balaban J connectivity index is 4.32. The standard InChI is InChI=1S/C75H138O6/c1-4-7-10-13-16-19-22-25-28-31-34-36-38-41-44-47-50-53-56-59-62-65-68-74(77)80-71-72(70-79-73(76)67-64-61-58-55-52-49-46-43-40-33-30-27-24-21-18-15-12-9-6-3)81-75(78)69-66-63-60-57-54-51-48-45-42-39-37-35-32-29-26-23-20-17-14-11-8-5-2/h9,12,18,21,27,30,40,43,72H,4-8,10-11,13-17,19-20,22-26,28-29,31-39,41-42,44-71H2,1-3H3/b12-9-,21-18-,30-27-,43-40-. The molecule has 0 heterocycles. The van der Waals surface area contributed by atoms with E-state index in [0.717, 1.165) is 89.9 Å². The first kappa shape index (κ1) is 78.4. The fourth-order valence-electron chi connectivity index (χ4n) is 11.0. The van der Waals surface area contributed by atoms with Crippen molar-refractivity contribution < 1.29 is 28.6 Å². The van der Waals surface area contributed by atoms with Gasteiger partial charge in [-0.15, -0.1) is 0 Å². The molecule has 0 aliphatic rings. The molecule has 0 rings (SSSR count). The van der Waals surface area contributed by atoms with Gasteiger partial charge in [-0.25, -0.2) is 0 Å². The Labute approximate surface area is 505 Å². The maximum atomic E-state index is 13.0. The van der Waals surface area contributed by atoms with Crippen molar-refractivity contribution >= 4 is 17.9 Å². The zero-order chi connectivity index (χ0) is 58.5. The number of rotatable bonds is 67. The van der Waals surface area contributed by atoms with Crippen LogP contribution >= 0.6 is 0 Å². The van der Waals surface area contributed by atoms with E-state index in [-0.39, 0.29) is 31.1 Å². The molecule has 0 saturated heterocycles. The van der Waals surface area contributed by atoms with Crippen molar-refractivity contribution in [1.29, 1.82) is 0 Å². The minimum atomic E-state index is -0.778. The lowest BCUT2D eigenvalue weighted by Crippen LogP contribution is -2.30. The summed E-state index contributed by atoms with van der Waals surface area (Å²) in [6, 6.07) is 0. The van der Waals surface area contributed by atoms with Gasteiger partial charge in [0.2, 0.25) is 0 Å². The van der Waals surface area contributed by atoms with Crippen LogP contribution in [0, 0.1) is 0 Å². The monoisotopic (exact) mass is 1140 g/mol. The van der Waals surface area contributed by atoms with Gasteiger partial charge in [-0.1, -0.05) is 365 Å². The summed E-state index contributed by atoms with van der Waals surface area (Å²) in [5.41, 5.74) is 0. The second-order valence-corrected chi connectivity index (χ2v) is 24.5. The smallest absolute Gasteiger partial charge is 0.306 e. The topological polar surface area (TPSA) is 78.9 Å². The van der Waals surface area contributed by atoms with E-state index >= 15 is 0 Å². The summed E-state index contributed by atoms with van der Waals surface area (Å²) >= 11 is 0. The minimum absolute atomic E-state index is 0.0720. The summed E-state index contributed by atoms with van der Waals surface area (Å²) in [5.74, 6) is -0.855. The van der Waals surface area contributed by atoms with Crippen LogP contribution in [-0.2, 0) is 28.6 Å². The first-order valence-electron chi connectivity index (χ1n) is 36.1. The molecule has 0 aromatic carbocycles. The molecule has 1 unspecified atom stereocenters. The summed E-state index contributed by atoms with van der Waals surface area (Å²) in [7, 11) is 0. The average Bonchev–Trinajstić information content (AvgIpc) is 3.47. The van der Waals surface area contributed by atoms with Crippen molar-refractivity contribution in [2.24, 2.45) is 0 Å².